The molecule has 1 aliphatic rings. The lowest BCUT2D eigenvalue weighted by Crippen LogP contribution is -2.42. The Bertz CT molecular complexity index is 1410. The van der Waals surface area contributed by atoms with E-state index in [4.69, 9.17) is 0 Å². The Morgan fingerprint density at radius 3 is 2.17 bits per heavy atom. The van der Waals surface area contributed by atoms with Crippen molar-refractivity contribution in [1.29, 1.82) is 0 Å². The van der Waals surface area contributed by atoms with E-state index in [1.54, 1.807) is 31.3 Å². The lowest BCUT2D eigenvalue weighted by Gasteiger charge is -2.32. The van der Waals surface area contributed by atoms with Crippen LogP contribution in [0, 0.1) is 6.92 Å². The third-order valence-corrected chi connectivity index (χ3v) is 7.56. The van der Waals surface area contributed by atoms with Gasteiger partial charge in [-0.2, -0.15) is 26.3 Å². The van der Waals surface area contributed by atoms with Crippen molar-refractivity contribution in [2.45, 2.75) is 57.4 Å². The molecule has 1 atom stereocenters. The summed E-state index contributed by atoms with van der Waals surface area (Å²) in [7, 11) is 1.40. The molecule has 0 aliphatic carbocycles. The number of rotatable bonds is 6. The standard InChI is InChI=1S/C29H30F6N4O2/c1-17-22(8-5-9-36-17)23-14-25(39-10-6-7-21(39)16-40)37-15-24(23)38(4)26(41)27(2,3)18-11-19(28(30,31)32)13-20(12-18)29(33,34)35/h5,8-9,11-15,21,40H,6-7,10,16H2,1-4H3/t21-/m0/s1. The lowest BCUT2D eigenvalue weighted by atomic mass is 9.81. The highest BCUT2D eigenvalue weighted by atomic mass is 19.4. The Morgan fingerprint density at radius 2 is 1.61 bits per heavy atom. The van der Waals surface area contributed by atoms with Crippen molar-refractivity contribution in [3.05, 3.63) is 71.2 Å². The number of amides is 1. The number of hydrogen-bond acceptors (Lipinski definition) is 5. The zero-order chi connectivity index (χ0) is 30.3. The van der Waals surface area contributed by atoms with Crippen LogP contribution in [0.1, 0.15) is 49.1 Å². The minimum absolute atomic E-state index is 0.0394. The first-order valence-electron chi connectivity index (χ1n) is 12.9. The van der Waals surface area contributed by atoms with Crippen molar-refractivity contribution in [2.75, 3.05) is 30.0 Å². The number of aryl methyl sites for hydroxylation is 1. The Morgan fingerprint density at radius 1 is 1.00 bits per heavy atom. The predicted molar refractivity (Wildman–Crippen MR) is 143 cm³/mol. The molecule has 2 aromatic heterocycles. The maximum absolute atomic E-state index is 13.9. The van der Waals surface area contributed by atoms with Crippen molar-refractivity contribution in [3.8, 4) is 11.1 Å². The highest BCUT2D eigenvalue weighted by Gasteiger charge is 2.41. The fraction of sp³-hybridized carbons (Fsp3) is 0.414. The largest absolute Gasteiger partial charge is 0.416 e. The van der Waals surface area contributed by atoms with Gasteiger partial charge in [-0.3, -0.25) is 9.78 Å². The SMILES string of the molecule is Cc1ncccc1-c1cc(N2CCC[C@H]2CO)ncc1N(C)C(=O)C(C)(C)c1cc(C(F)(F)F)cc(C(F)(F)F)c1. The molecular weight excluding hydrogens is 550 g/mol. The number of carbonyl (C=O) groups excluding carboxylic acids is 1. The van der Waals surface area contributed by atoms with E-state index in [1.165, 1.54) is 32.0 Å². The summed E-state index contributed by atoms with van der Waals surface area (Å²) >= 11 is 0. The number of nitrogens with zero attached hydrogens (tertiary/aromatic N) is 4. The second-order valence-electron chi connectivity index (χ2n) is 10.7. The summed E-state index contributed by atoms with van der Waals surface area (Å²) in [4.78, 5) is 25.9. The number of pyridine rings is 2. The number of likely N-dealkylation sites (N-methyl/N-ethyl adjacent to an activating group) is 1. The highest BCUT2D eigenvalue weighted by molar-refractivity contribution is 6.03. The van der Waals surface area contributed by atoms with E-state index in [9.17, 15) is 36.2 Å². The third kappa shape index (κ3) is 6.02. The van der Waals surface area contributed by atoms with Crippen molar-refractivity contribution in [2.24, 2.45) is 0 Å². The van der Waals surface area contributed by atoms with Crippen LogP contribution in [0.4, 0.5) is 37.8 Å². The number of benzene rings is 1. The Hall–Kier alpha value is -3.67. The summed E-state index contributed by atoms with van der Waals surface area (Å²) in [6.07, 6.45) is -5.40. The smallest absolute Gasteiger partial charge is 0.394 e. The topological polar surface area (TPSA) is 69.6 Å². The van der Waals surface area contributed by atoms with Crippen LogP contribution in [0.15, 0.2) is 48.8 Å². The molecule has 3 heterocycles. The van der Waals surface area contributed by atoms with Crippen LogP contribution in [-0.2, 0) is 22.6 Å². The van der Waals surface area contributed by atoms with Crippen molar-refractivity contribution in [1.82, 2.24) is 9.97 Å². The molecule has 6 nitrogen and oxygen atoms in total. The summed E-state index contributed by atoms with van der Waals surface area (Å²) < 4.78 is 81.3. The van der Waals surface area contributed by atoms with Gasteiger partial charge in [-0.1, -0.05) is 6.07 Å². The lowest BCUT2D eigenvalue weighted by molar-refractivity contribution is -0.143. The van der Waals surface area contributed by atoms with Gasteiger partial charge in [0.05, 0.1) is 41.1 Å². The van der Waals surface area contributed by atoms with Crippen LogP contribution < -0.4 is 9.80 Å². The van der Waals surface area contributed by atoms with Crippen molar-refractivity contribution < 1.29 is 36.2 Å². The molecule has 12 heteroatoms. The molecule has 3 aromatic rings. The molecule has 1 saturated heterocycles. The second-order valence-corrected chi connectivity index (χ2v) is 10.7. The number of hydrogen-bond donors (Lipinski definition) is 1. The Balaban J connectivity index is 1.82. The number of alkyl halides is 6. The summed E-state index contributed by atoms with van der Waals surface area (Å²) in [5.41, 5.74) is -3.04. The molecule has 1 aliphatic heterocycles. The molecule has 41 heavy (non-hydrogen) atoms. The van der Waals surface area contributed by atoms with E-state index < -0.39 is 40.4 Å². The first-order valence-corrected chi connectivity index (χ1v) is 12.9. The number of anilines is 2. The highest BCUT2D eigenvalue weighted by Crippen LogP contribution is 2.41. The van der Waals surface area contributed by atoms with E-state index in [0.29, 0.717) is 47.0 Å². The zero-order valence-electron chi connectivity index (χ0n) is 22.9. The van der Waals surface area contributed by atoms with Crippen LogP contribution in [0.2, 0.25) is 0 Å². The van der Waals surface area contributed by atoms with Crippen LogP contribution in [0.3, 0.4) is 0 Å². The molecule has 1 fully saturated rings. The maximum atomic E-state index is 13.9. The zero-order valence-corrected chi connectivity index (χ0v) is 22.9. The molecule has 1 N–H and O–H groups in total. The number of aliphatic hydroxyl groups is 1. The summed E-state index contributed by atoms with van der Waals surface area (Å²) in [6.45, 7) is 4.96. The fourth-order valence-electron chi connectivity index (χ4n) is 5.14. The number of aliphatic hydroxyl groups excluding tert-OH is 1. The average molecular weight is 581 g/mol. The van der Waals surface area contributed by atoms with Gasteiger partial charge >= 0.3 is 12.4 Å². The van der Waals surface area contributed by atoms with Crippen molar-refractivity contribution >= 4 is 17.4 Å². The number of aromatic nitrogens is 2. The molecular formula is C29H30F6N4O2. The molecule has 1 aromatic carbocycles. The normalized spacial score (nSPS) is 16.3. The maximum Gasteiger partial charge on any atom is 0.416 e. The van der Waals surface area contributed by atoms with Gasteiger partial charge in [-0.05, 0) is 69.5 Å². The average Bonchev–Trinajstić information content (AvgIpc) is 3.40. The molecule has 220 valence electrons. The fourth-order valence-corrected chi connectivity index (χ4v) is 5.14. The van der Waals surface area contributed by atoms with Gasteiger partial charge in [0.25, 0.3) is 0 Å². The van der Waals surface area contributed by atoms with Gasteiger partial charge in [0.2, 0.25) is 5.91 Å². The molecule has 1 amide bonds. The first kappa shape index (κ1) is 30.3. The van der Waals surface area contributed by atoms with E-state index >= 15 is 0 Å². The Labute approximate surface area is 233 Å². The molecule has 0 spiro atoms. The van der Waals surface area contributed by atoms with Crippen LogP contribution in [0.25, 0.3) is 11.1 Å². The van der Waals surface area contributed by atoms with E-state index in [1.807, 2.05) is 4.90 Å². The van der Waals surface area contributed by atoms with Gasteiger partial charge in [-0.15, -0.1) is 0 Å². The van der Waals surface area contributed by atoms with E-state index in [0.717, 1.165) is 12.8 Å². The van der Waals surface area contributed by atoms with Gasteiger partial charge in [0, 0.05) is 36.6 Å². The number of halogens is 6. The second kappa shape index (κ2) is 11.0. The van der Waals surface area contributed by atoms with Crippen LogP contribution in [0.5, 0.6) is 0 Å². The van der Waals surface area contributed by atoms with Gasteiger partial charge in [0.1, 0.15) is 5.82 Å². The molecule has 0 unspecified atom stereocenters. The van der Waals surface area contributed by atoms with Gasteiger partial charge in [0.15, 0.2) is 0 Å². The number of carbonyl (C=O) groups is 1. The summed E-state index contributed by atoms with van der Waals surface area (Å²) in [6, 6.07) is 6.34. The quantitative estimate of drug-likeness (QED) is 0.342. The Kier molecular flexibility index (Phi) is 8.10. The molecule has 0 bridgehead atoms. The van der Waals surface area contributed by atoms with E-state index in [-0.39, 0.29) is 18.7 Å². The minimum Gasteiger partial charge on any atom is -0.394 e. The third-order valence-electron chi connectivity index (χ3n) is 7.56. The van der Waals surface area contributed by atoms with Crippen LogP contribution >= 0.6 is 0 Å². The predicted octanol–water partition coefficient (Wildman–Crippen LogP) is 6.39. The molecule has 0 radical (unpaired) electrons. The van der Waals surface area contributed by atoms with Gasteiger partial charge in [-0.25, -0.2) is 4.98 Å². The molecule has 0 saturated carbocycles. The van der Waals surface area contributed by atoms with Crippen LogP contribution in [-0.4, -0.2) is 47.2 Å². The monoisotopic (exact) mass is 580 g/mol. The molecule has 4 rings (SSSR count). The van der Waals surface area contributed by atoms with Crippen molar-refractivity contribution in [3.63, 3.8) is 0 Å². The van der Waals surface area contributed by atoms with Gasteiger partial charge < -0.3 is 14.9 Å². The summed E-state index contributed by atoms with van der Waals surface area (Å²) in [5.74, 6) is -0.173. The summed E-state index contributed by atoms with van der Waals surface area (Å²) in [5, 5.41) is 9.81. The first-order chi connectivity index (χ1) is 19.1. The minimum atomic E-state index is -5.05. The van der Waals surface area contributed by atoms with E-state index in [2.05, 4.69) is 9.97 Å².